The van der Waals surface area contributed by atoms with E-state index in [1.807, 2.05) is 70.1 Å². The van der Waals surface area contributed by atoms with Gasteiger partial charge in [-0.1, -0.05) is 48.5 Å². The molecule has 1 aliphatic heterocycles. The standard InChI is InChI=1S/C21H20N2O3/c1-26-20(24)12-17-14-22(13-15-7-3-2-4-8-15)21(25)19-11-16-9-5-6-10-18(16)23(17)19/h2-11,17H,12-14H2,1H3/t17-/m0/s1. The Balaban J connectivity index is 1.75. The molecule has 0 aliphatic carbocycles. The van der Waals surface area contributed by atoms with Crippen molar-refractivity contribution in [1.29, 1.82) is 0 Å². The van der Waals surface area contributed by atoms with E-state index in [1.165, 1.54) is 7.11 Å². The number of carbonyl (C=O) groups is 2. The molecule has 0 spiro atoms. The third kappa shape index (κ3) is 2.86. The van der Waals surface area contributed by atoms with Gasteiger partial charge in [0, 0.05) is 24.0 Å². The second-order valence-electron chi connectivity index (χ2n) is 6.56. The van der Waals surface area contributed by atoms with Crippen LogP contribution >= 0.6 is 0 Å². The second-order valence-corrected chi connectivity index (χ2v) is 6.56. The third-order valence-corrected chi connectivity index (χ3v) is 4.90. The number of rotatable bonds is 4. The molecule has 0 bridgehead atoms. The highest BCUT2D eigenvalue weighted by atomic mass is 16.5. The first kappa shape index (κ1) is 16.4. The van der Waals surface area contributed by atoms with Gasteiger partial charge in [0.05, 0.1) is 19.6 Å². The van der Waals surface area contributed by atoms with E-state index in [0.717, 1.165) is 16.5 Å². The van der Waals surface area contributed by atoms with Gasteiger partial charge in [-0.3, -0.25) is 9.59 Å². The fourth-order valence-corrected chi connectivity index (χ4v) is 3.69. The highest BCUT2D eigenvalue weighted by molar-refractivity contribution is 5.99. The summed E-state index contributed by atoms with van der Waals surface area (Å²) in [6.07, 6.45) is 0.237. The topological polar surface area (TPSA) is 51.5 Å². The molecular weight excluding hydrogens is 328 g/mol. The highest BCUT2D eigenvalue weighted by Crippen LogP contribution is 2.32. The summed E-state index contributed by atoms with van der Waals surface area (Å²) in [6, 6.07) is 19.6. The maximum Gasteiger partial charge on any atom is 0.307 e. The zero-order valence-electron chi connectivity index (χ0n) is 14.6. The quantitative estimate of drug-likeness (QED) is 0.679. The highest BCUT2D eigenvalue weighted by Gasteiger charge is 2.33. The number of hydrogen-bond acceptors (Lipinski definition) is 3. The van der Waals surface area contributed by atoms with E-state index in [2.05, 4.69) is 0 Å². The van der Waals surface area contributed by atoms with Gasteiger partial charge in [-0.25, -0.2) is 0 Å². The summed E-state index contributed by atoms with van der Waals surface area (Å²) >= 11 is 0. The van der Waals surface area contributed by atoms with Crippen molar-refractivity contribution in [2.75, 3.05) is 13.7 Å². The molecule has 0 unspecified atom stereocenters. The molecule has 0 fully saturated rings. The monoisotopic (exact) mass is 348 g/mol. The summed E-state index contributed by atoms with van der Waals surface area (Å²) in [5.41, 5.74) is 2.67. The molecule has 5 heteroatoms. The van der Waals surface area contributed by atoms with Gasteiger partial charge >= 0.3 is 5.97 Å². The van der Waals surface area contributed by atoms with Crippen molar-refractivity contribution >= 4 is 22.8 Å². The lowest BCUT2D eigenvalue weighted by molar-refractivity contribution is -0.141. The summed E-state index contributed by atoms with van der Waals surface area (Å²) in [5, 5.41) is 1.01. The van der Waals surface area contributed by atoms with Gasteiger partial charge in [0.1, 0.15) is 5.69 Å². The number of ether oxygens (including phenoxy) is 1. The molecule has 1 atom stereocenters. The van der Waals surface area contributed by atoms with E-state index < -0.39 is 0 Å². The molecule has 3 aromatic rings. The van der Waals surface area contributed by atoms with E-state index in [0.29, 0.717) is 18.8 Å². The number of methoxy groups -OCH3 is 1. The first-order chi connectivity index (χ1) is 12.7. The van der Waals surface area contributed by atoms with E-state index in [-0.39, 0.29) is 24.3 Å². The molecule has 1 aromatic heterocycles. The van der Waals surface area contributed by atoms with Crippen LogP contribution in [0.3, 0.4) is 0 Å². The number of aromatic nitrogens is 1. The van der Waals surface area contributed by atoms with Crippen LogP contribution in [0.2, 0.25) is 0 Å². The van der Waals surface area contributed by atoms with Crippen molar-refractivity contribution in [2.24, 2.45) is 0 Å². The van der Waals surface area contributed by atoms with Gasteiger partial charge in [0.15, 0.2) is 0 Å². The number of esters is 1. The lowest BCUT2D eigenvalue weighted by Gasteiger charge is -2.34. The molecule has 26 heavy (non-hydrogen) atoms. The van der Waals surface area contributed by atoms with Gasteiger partial charge in [-0.2, -0.15) is 0 Å². The van der Waals surface area contributed by atoms with Crippen LogP contribution in [0, 0.1) is 0 Å². The van der Waals surface area contributed by atoms with Crippen LogP contribution < -0.4 is 0 Å². The smallest absolute Gasteiger partial charge is 0.307 e. The fraction of sp³-hybridized carbons (Fsp3) is 0.238. The largest absolute Gasteiger partial charge is 0.469 e. The molecule has 1 aliphatic rings. The Bertz CT molecular complexity index is 962. The minimum atomic E-state index is -0.271. The van der Waals surface area contributed by atoms with E-state index >= 15 is 0 Å². The Hall–Kier alpha value is -3.08. The summed E-state index contributed by atoms with van der Waals surface area (Å²) in [4.78, 5) is 26.9. The molecule has 0 saturated carbocycles. The first-order valence-corrected chi connectivity index (χ1v) is 8.67. The van der Waals surface area contributed by atoms with Crippen LogP contribution in [0.15, 0.2) is 60.7 Å². The van der Waals surface area contributed by atoms with E-state index in [9.17, 15) is 9.59 Å². The van der Waals surface area contributed by atoms with Crippen LogP contribution in [-0.4, -0.2) is 35.0 Å². The summed E-state index contributed by atoms with van der Waals surface area (Å²) in [7, 11) is 1.40. The van der Waals surface area contributed by atoms with Gasteiger partial charge in [-0.15, -0.1) is 0 Å². The summed E-state index contributed by atoms with van der Waals surface area (Å²) < 4.78 is 6.88. The Labute approximate surface area is 151 Å². The van der Waals surface area contributed by atoms with E-state index in [4.69, 9.17) is 4.74 Å². The molecule has 2 heterocycles. The number of carbonyl (C=O) groups excluding carboxylic acids is 2. The molecule has 5 nitrogen and oxygen atoms in total. The van der Waals surface area contributed by atoms with Crippen molar-refractivity contribution in [3.8, 4) is 0 Å². The number of nitrogens with zero attached hydrogens (tertiary/aromatic N) is 2. The van der Waals surface area contributed by atoms with E-state index in [1.54, 1.807) is 0 Å². The van der Waals surface area contributed by atoms with Gasteiger partial charge in [0.25, 0.3) is 5.91 Å². The average molecular weight is 348 g/mol. The van der Waals surface area contributed by atoms with Crippen LogP contribution in [0.4, 0.5) is 0 Å². The minimum Gasteiger partial charge on any atom is -0.469 e. The second kappa shape index (κ2) is 6.67. The molecule has 132 valence electrons. The number of benzene rings is 2. The number of fused-ring (bicyclic) bond motifs is 3. The maximum absolute atomic E-state index is 13.1. The predicted octanol–water partition coefficient (Wildman–Crippen LogP) is 3.40. The average Bonchev–Trinajstić information content (AvgIpc) is 3.06. The van der Waals surface area contributed by atoms with Crippen molar-refractivity contribution in [1.82, 2.24) is 9.47 Å². The molecule has 0 N–H and O–H groups in total. The number of para-hydroxylation sites is 1. The molecular formula is C21H20N2O3. The normalized spacial score (nSPS) is 16.6. The Kier molecular flexibility index (Phi) is 4.21. The zero-order chi connectivity index (χ0) is 18.1. The zero-order valence-corrected chi connectivity index (χ0v) is 14.6. The van der Waals surface area contributed by atoms with Crippen molar-refractivity contribution in [2.45, 2.75) is 19.0 Å². The molecule has 1 amide bonds. The lowest BCUT2D eigenvalue weighted by Crippen LogP contribution is -2.43. The third-order valence-electron chi connectivity index (χ3n) is 4.90. The molecule has 2 aromatic carbocycles. The Morgan fingerprint density at radius 3 is 2.62 bits per heavy atom. The van der Waals surface area contributed by atoms with Crippen molar-refractivity contribution < 1.29 is 14.3 Å². The lowest BCUT2D eigenvalue weighted by atomic mass is 10.1. The van der Waals surface area contributed by atoms with Crippen LogP contribution in [0.5, 0.6) is 0 Å². The summed E-state index contributed by atoms with van der Waals surface area (Å²) in [6.45, 7) is 1.01. The predicted molar refractivity (Wildman–Crippen MR) is 98.8 cm³/mol. The van der Waals surface area contributed by atoms with Crippen LogP contribution in [0.1, 0.15) is 28.5 Å². The maximum atomic E-state index is 13.1. The fourth-order valence-electron chi connectivity index (χ4n) is 3.69. The van der Waals surface area contributed by atoms with Gasteiger partial charge < -0.3 is 14.2 Å². The molecule has 0 saturated heterocycles. The van der Waals surface area contributed by atoms with Crippen LogP contribution in [-0.2, 0) is 16.1 Å². The van der Waals surface area contributed by atoms with Crippen molar-refractivity contribution in [3.05, 3.63) is 71.9 Å². The van der Waals surface area contributed by atoms with Crippen LogP contribution in [0.25, 0.3) is 10.9 Å². The first-order valence-electron chi connectivity index (χ1n) is 8.67. The Morgan fingerprint density at radius 1 is 1.12 bits per heavy atom. The van der Waals surface area contributed by atoms with Gasteiger partial charge in [-0.05, 0) is 17.7 Å². The number of hydrogen-bond donors (Lipinski definition) is 0. The SMILES string of the molecule is COC(=O)C[C@H]1CN(Cc2ccccc2)C(=O)c2cc3ccccc3n21. The van der Waals surface area contributed by atoms with Crippen molar-refractivity contribution in [3.63, 3.8) is 0 Å². The number of amides is 1. The summed E-state index contributed by atoms with van der Waals surface area (Å²) in [5.74, 6) is -0.279. The molecule has 0 radical (unpaired) electrons. The Morgan fingerprint density at radius 2 is 1.85 bits per heavy atom. The minimum absolute atomic E-state index is 0.00818. The van der Waals surface area contributed by atoms with Gasteiger partial charge in [0.2, 0.25) is 0 Å². The molecule has 4 rings (SSSR count).